The zero-order valence-corrected chi connectivity index (χ0v) is 6.93. The highest BCUT2D eigenvalue weighted by Gasteiger charge is 1.98. The molecular formula is C7H8S2. The molecule has 1 aromatic rings. The Labute approximate surface area is 64.6 Å². The first kappa shape index (κ1) is 6.90. The monoisotopic (exact) mass is 156 g/mol. The van der Waals surface area contributed by atoms with Crippen molar-refractivity contribution in [3.8, 4) is 0 Å². The van der Waals surface area contributed by atoms with E-state index in [2.05, 4.69) is 32.2 Å². The molecule has 0 amide bonds. The predicted octanol–water partition coefficient (Wildman–Crippen LogP) is 2.96. The number of thiophene rings is 1. The maximum absolute atomic E-state index is 4.14. The van der Waals surface area contributed by atoms with Crippen molar-refractivity contribution in [2.45, 2.75) is 6.92 Å². The van der Waals surface area contributed by atoms with Crippen molar-refractivity contribution in [2.24, 2.45) is 0 Å². The molecule has 0 nitrogen and oxygen atoms in total. The van der Waals surface area contributed by atoms with Crippen molar-refractivity contribution in [1.82, 2.24) is 0 Å². The molecule has 1 heterocycles. The van der Waals surface area contributed by atoms with Gasteiger partial charge in [0, 0.05) is 9.78 Å². The molecule has 1 aromatic heterocycles. The lowest BCUT2D eigenvalue weighted by molar-refractivity contribution is 1.53. The SMILES string of the molecule is C=C(S)c1sccc1C. The molecule has 0 atom stereocenters. The predicted molar refractivity (Wildman–Crippen MR) is 47.1 cm³/mol. The van der Waals surface area contributed by atoms with Crippen LogP contribution in [-0.2, 0) is 0 Å². The highest BCUT2D eigenvalue weighted by Crippen LogP contribution is 2.25. The van der Waals surface area contributed by atoms with E-state index in [0.29, 0.717) is 0 Å². The van der Waals surface area contributed by atoms with Crippen LogP contribution >= 0.6 is 24.0 Å². The smallest absolute Gasteiger partial charge is 0.0426 e. The van der Waals surface area contributed by atoms with Crippen LogP contribution in [0, 0.1) is 6.92 Å². The summed E-state index contributed by atoms with van der Waals surface area (Å²) in [6.45, 7) is 5.80. The van der Waals surface area contributed by atoms with E-state index in [-0.39, 0.29) is 0 Å². The van der Waals surface area contributed by atoms with Crippen LogP contribution in [-0.4, -0.2) is 0 Å². The average Bonchev–Trinajstić information content (AvgIpc) is 2.13. The molecule has 0 aliphatic carbocycles. The number of rotatable bonds is 1. The van der Waals surface area contributed by atoms with Gasteiger partial charge in [0.25, 0.3) is 0 Å². The lowest BCUT2D eigenvalue weighted by atomic mass is 10.3. The Hall–Kier alpha value is -0.210. The minimum Gasteiger partial charge on any atom is -0.143 e. The van der Waals surface area contributed by atoms with Gasteiger partial charge in [0.1, 0.15) is 0 Å². The standard InChI is InChI=1S/C7H8S2/c1-5-3-4-9-7(5)6(2)8/h3-4,8H,2H2,1H3. The Bertz CT molecular complexity index is 223. The van der Waals surface area contributed by atoms with Gasteiger partial charge in [-0.3, -0.25) is 0 Å². The summed E-state index contributed by atoms with van der Waals surface area (Å²) >= 11 is 5.82. The summed E-state index contributed by atoms with van der Waals surface area (Å²) < 4.78 is 0. The number of thiol groups is 1. The molecule has 1 rings (SSSR count). The second-order valence-electron chi connectivity index (χ2n) is 1.88. The highest BCUT2D eigenvalue weighted by atomic mass is 32.1. The largest absolute Gasteiger partial charge is 0.143 e. The summed E-state index contributed by atoms with van der Waals surface area (Å²) in [5, 5.41) is 2.05. The highest BCUT2D eigenvalue weighted by molar-refractivity contribution is 7.90. The van der Waals surface area contributed by atoms with E-state index in [0.717, 1.165) is 4.91 Å². The molecule has 0 spiro atoms. The van der Waals surface area contributed by atoms with E-state index in [1.54, 1.807) is 11.3 Å². The molecule has 0 aliphatic heterocycles. The zero-order chi connectivity index (χ0) is 6.85. The summed E-state index contributed by atoms with van der Waals surface area (Å²) in [4.78, 5) is 2.06. The molecule has 0 saturated carbocycles. The number of aryl methyl sites for hydroxylation is 1. The molecule has 0 bridgehead atoms. The van der Waals surface area contributed by atoms with Gasteiger partial charge in [0.2, 0.25) is 0 Å². The lowest BCUT2D eigenvalue weighted by Crippen LogP contribution is -1.69. The molecule has 0 aliphatic rings. The summed E-state index contributed by atoms with van der Waals surface area (Å²) in [5.74, 6) is 0. The summed E-state index contributed by atoms with van der Waals surface area (Å²) in [5.41, 5.74) is 1.26. The van der Waals surface area contributed by atoms with Gasteiger partial charge in [0.15, 0.2) is 0 Å². The second-order valence-corrected chi connectivity index (χ2v) is 3.34. The zero-order valence-electron chi connectivity index (χ0n) is 5.22. The van der Waals surface area contributed by atoms with Crippen molar-refractivity contribution < 1.29 is 0 Å². The maximum atomic E-state index is 4.14. The van der Waals surface area contributed by atoms with Crippen LogP contribution in [0.25, 0.3) is 4.91 Å². The Morgan fingerprint density at radius 2 is 2.44 bits per heavy atom. The first-order chi connectivity index (χ1) is 4.22. The van der Waals surface area contributed by atoms with E-state index in [1.807, 2.05) is 5.38 Å². The molecular weight excluding hydrogens is 148 g/mol. The van der Waals surface area contributed by atoms with Crippen LogP contribution in [0.4, 0.5) is 0 Å². The van der Waals surface area contributed by atoms with Gasteiger partial charge < -0.3 is 0 Å². The topological polar surface area (TPSA) is 0 Å². The molecule has 0 N–H and O–H groups in total. The Morgan fingerprint density at radius 3 is 2.67 bits per heavy atom. The number of hydrogen-bond donors (Lipinski definition) is 1. The van der Waals surface area contributed by atoms with Gasteiger partial charge in [-0.15, -0.1) is 24.0 Å². The quantitative estimate of drug-likeness (QED) is 0.594. The minimum atomic E-state index is 0.863. The first-order valence-corrected chi connectivity index (χ1v) is 3.97. The van der Waals surface area contributed by atoms with Crippen LogP contribution in [0.5, 0.6) is 0 Å². The summed E-state index contributed by atoms with van der Waals surface area (Å²) in [7, 11) is 0. The third-order valence-electron chi connectivity index (χ3n) is 1.12. The molecule has 9 heavy (non-hydrogen) atoms. The third kappa shape index (κ3) is 1.37. The van der Waals surface area contributed by atoms with E-state index >= 15 is 0 Å². The van der Waals surface area contributed by atoms with E-state index in [1.165, 1.54) is 10.4 Å². The van der Waals surface area contributed by atoms with Crippen molar-refractivity contribution in [2.75, 3.05) is 0 Å². The van der Waals surface area contributed by atoms with E-state index in [9.17, 15) is 0 Å². The summed E-state index contributed by atoms with van der Waals surface area (Å²) in [6, 6.07) is 2.07. The Balaban J connectivity index is 3.08. The van der Waals surface area contributed by atoms with Gasteiger partial charge in [-0.1, -0.05) is 6.58 Å². The summed E-state index contributed by atoms with van der Waals surface area (Å²) in [6.07, 6.45) is 0. The number of hydrogen-bond acceptors (Lipinski definition) is 2. The van der Waals surface area contributed by atoms with E-state index in [4.69, 9.17) is 0 Å². The molecule has 0 radical (unpaired) electrons. The minimum absolute atomic E-state index is 0.863. The van der Waals surface area contributed by atoms with Gasteiger partial charge in [-0.05, 0) is 23.9 Å². The third-order valence-corrected chi connectivity index (χ3v) is 2.58. The van der Waals surface area contributed by atoms with Crippen LogP contribution < -0.4 is 0 Å². The first-order valence-electron chi connectivity index (χ1n) is 2.64. The van der Waals surface area contributed by atoms with Gasteiger partial charge in [-0.2, -0.15) is 0 Å². The van der Waals surface area contributed by atoms with Crippen LogP contribution in [0.1, 0.15) is 10.4 Å². The molecule has 0 saturated heterocycles. The van der Waals surface area contributed by atoms with Crippen LogP contribution in [0.15, 0.2) is 18.0 Å². The van der Waals surface area contributed by atoms with Gasteiger partial charge in [0.05, 0.1) is 0 Å². The lowest BCUT2D eigenvalue weighted by Gasteiger charge is -1.92. The van der Waals surface area contributed by atoms with Crippen LogP contribution in [0.2, 0.25) is 0 Å². The van der Waals surface area contributed by atoms with Crippen molar-refractivity contribution >= 4 is 28.9 Å². The Kier molecular flexibility index (Phi) is 1.98. The Morgan fingerprint density at radius 1 is 1.78 bits per heavy atom. The molecule has 0 unspecified atom stereocenters. The fourth-order valence-electron chi connectivity index (χ4n) is 0.668. The molecule has 48 valence electrons. The molecule has 0 aromatic carbocycles. The van der Waals surface area contributed by atoms with E-state index < -0.39 is 0 Å². The average molecular weight is 156 g/mol. The molecule has 0 fully saturated rings. The van der Waals surface area contributed by atoms with Crippen molar-refractivity contribution in [3.05, 3.63) is 28.5 Å². The maximum Gasteiger partial charge on any atom is 0.0426 e. The van der Waals surface area contributed by atoms with Crippen LogP contribution in [0.3, 0.4) is 0 Å². The van der Waals surface area contributed by atoms with Gasteiger partial charge in [-0.25, -0.2) is 0 Å². The fraction of sp³-hybridized carbons (Fsp3) is 0.143. The normalized spacial score (nSPS) is 9.56. The fourth-order valence-corrected chi connectivity index (χ4v) is 1.80. The molecule has 2 heteroatoms. The van der Waals surface area contributed by atoms with Gasteiger partial charge >= 0.3 is 0 Å². The second kappa shape index (κ2) is 2.58. The van der Waals surface area contributed by atoms with Crippen molar-refractivity contribution in [3.63, 3.8) is 0 Å². The van der Waals surface area contributed by atoms with Crippen molar-refractivity contribution in [1.29, 1.82) is 0 Å².